The fraction of sp³-hybridized carbons (Fsp3) is 0.500. The second-order valence-corrected chi connectivity index (χ2v) is 6.88. The zero-order chi connectivity index (χ0) is 15.0. The molecule has 3 heterocycles. The Kier molecular flexibility index (Phi) is 3.61. The molecular weight excluding hydrogens is 282 g/mol. The van der Waals surface area contributed by atoms with E-state index in [1.165, 1.54) is 11.3 Å². The van der Waals surface area contributed by atoms with Gasteiger partial charge in [0, 0.05) is 24.7 Å². The molecule has 0 spiro atoms. The summed E-state index contributed by atoms with van der Waals surface area (Å²) in [5.74, 6) is 0.0688. The molecule has 0 aliphatic carbocycles. The van der Waals surface area contributed by atoms with Crippen LogP contribution in [-0.4, -0.2) is 28.9 Å². The molecule has 0 saturated carbocycles. The summed E-state index contributed by atoms with van der Waals surface area (Å²) < 4.78 is 0. The van der Waals surface area contributed by atoms with Gasteiger partial charge in [-0.15, -0.1) is 11.3 Å². The minimum absolute atomic E-state index is 0.0688. The number of carbonyl (C=O) groups is 1. The lowest BCUT2D eigenvalue weighted by molar-refractivity contribution is 0.0775. The Morgan fingerprint density at radius 1 is 1.48 bits per heavy atom. The van der Waals surface area contributed by atoms with Crippen molar-refractivity contribution in [3.8, 4) is 0 Å². The normalized spacial score (nSPS) is 17.5. The lowest BCUT2D eigenvalue weighted by Gasteiger charge is -2.26. The zero-order valence-corrected chi connectivity index (χ0v) is 13.4. The molecule has 2 aromatic heterocycles. The molecule has 21 heavy (non-hydrogen) atoms. The summed E-state index contributed by atoms with van der Waals surface area (Å²) in [4.78, 5) is 20.5. The van der Waals surface area contributed by atoms with Crippen LogP contribution in [0, 0.1) is 5.41 Å². The topological polar surface area (TPSA) is 59.2 Å². The molecular formula is C16H21N3OS. The van der Waals surface area contributed by atoms with Crippen LogP contribution in [0.4, 0.5) is 5.69 Å². The van der Waals surface area contributed by atoms with Crippen molar-refractivity contribution in [3.05, 3.63) is 23.2 Å². The monoisotopic (exact) mass is 303 g/mol. The first-order valence-electron chi connectivity index (χ1n) is 7.52. The van der Waals surface area contributed by atoms with E-state index in [1.54, 1.807) is 6.20 Å². The summed E-state index contributed by atoms with van der Waals surface area (Å²) in [6.07, 6.45) is 5.07. The van der Waals surface area contributed by atoms with Gasteiger partial charge in [-0.05, 0) is 36.8 Å². The average molecular weight is 303 g/mol. The van der Waals surface area contributed by atoms with Gasteiger partial charge in [-0.1, -0.05) is 13.8 Å². The highest BCUT2D eigenvalue weighted by Gasteiger charge is 2.38. The second-order valence-electron chi connectivity index (χ2n) is 5.88. The third kappa shape index (κ3) is 2.29. The van der Waals surface area contributed by atoms with Crippen LogP contribution in [0.25, 0.3) is 10.2 Å². The van der Waals surface area contributed by atoms with E-state index in [-0.39, 0.29) is 5.91 Å². The van der Waals surface area contributed by atoms with Crippen molar-refractivity contribution in [2.45, 2.75) is 33.1 Å². The highest BCUT2D eigenvalue weighted by atomic mass is 32.1. The van der Waals surface area contributed by atoms with Gasteiger partial charge in [0.2, 0.25) is 0 Å². The van der Waals surface area contributed by atoms with Gasteiger partial charge in [0.25, 0.3) is 5.91 Å². The number of likely N-dealkylation sites (tertiary alicyclic amines) is 1. The van der Waals surface area contributed by atoms with Crippen molar-refractivity contribution >= 4 is 33.1 Å². The fourth-order valence-corrected chi connectivity index (χ4v) is 4.22. The third-order valence-electron chi connectivity index (χ3n) is 4.92. The number of thiophene rings is 1. The van der Waals surface area contributed by atoms with Crippen LogP contribution in [0.5, 0.6) is 0 Å². The summed E-state index contributed by atoms with van der Waals surface area (Å²) in [6.45, 7) is 6.12. The van der Waals surface area contributed by atoms with Gasteiger partial charge in [0.1, 0.15) is 9.71 Å². The number of nitrogens with two attached hydrogens (primary N) is 1. The quantitative estimate of drug-likeness (QED) is 0.943. The smallest absolute Gasteiger partial charge is 0.266 e. The molecule has 0 atom stereocenters. The molecule has 2 aromatic rings. The molecule has 0 aromatic carbocycles. The van der Waals surface area contributed by atoms with Crippen LogP contribution in [0.2, 0.25) is 0 Å². The average Bonchev–Trinajstić information content (AvgIpc) is 3.10. The van der Waals surface area contributed by atoms with E-state index in [1.807, 2.05) is 17.0 Å². The third-order valence-corrected chi connectivity index (χ3v) is 6.04. The Bertz CT molecular complexity index is 675. The van der Waals surface area contributed by atoms with Gasteiger partial charge in [-0.2, -0.15) is 0 Å². The minimum atomic E-state index is 0.0688. The number of hydrogen-bond acceptors (Lipinski definition) is 4. The van der Waals surface area contributed by atoms with Gasteiger partial charge in [0.15, 0.2) is 0 Å². The molecule has 1 fully saturated rings. The maximum absolute atomic E-state index is 12.8. The summed E-state index contributed by atoms with van der Waals surface area (Å²) in [5, 5.41) is 0.891. The largest absolute Gasteiger partial charge is 0.397 e. The van der Waals surface area contributed by atoms with Gasteiger partial charge in [0.05, 0.1) is 5.69 Å². The Balaban J connectivity index is 1.90. The lowest BCUT2D eigenvalue weighted by Crippen LogP contribution is -2.31. The van der Waals surface area contributed by atoms with Crippen LogP contribution >= 0.6 is 11.3 Å². The molecule has 1 amide bonds. The number of pyridine rings is 1. The number of hydrogen-bond donors (Lipinski definition) is 1. The highest BCUT2D eigenvalue weighted by molar-refractivity contribution is 7.21. The maximum Gasteiger partial charge on any atom is 0.266 e. The first-order valence-corrected chi connectivity index (χ1v) is 8.34. The van der Waals surface area contributed by atoms with Gasteiger partial charge in [-0.3, -0.25) is 4.79 Å². The number of rotatable bonds is 3. The molecule has 0 unspecified atom stereocenters. The standard InChI is InChI=1S/C16H21N3OS/c1-3-16(4-2)7-9-19(10-16)15(20)13-12(17)11-6-5-8-18-14(11)21-13/h5-6,8H,3-4,7,9-10,17H2,1-2H3. The SMILES string of the molecule is CCC1(CC)CCN(C(=O)c2sc3ncccc3c2N)C1. The van der Waals surface area contributed by atoms with Crippen molar-refractivity contribution in [2.24, 2.45) is 5.41 Å². The number of fused-ring (bicyclic) bond motifs is 1. The summed E-state index contributed by atoms with van der Waals surface area (Å²) >= 11 is 1.41. The van der Waals surface area contributed by atoms with Crippen molar-refractivity contribution in [1.29, 1.82) is 0 Å². The van der Waals surface area contributed by atoms with Crippen LogP contribution in [0.3, 0.4) is 0 Å². The molecule has 1 saturated heterocycles. The summed E-state index contributed by atoms with van der Waals surface area (Å²) in [6, 6.07) is 3.78. The van der Waals surface area contributed by atoms with E-state index in [0.29, 0.717) is 16.0 Å². The number of aromatic nitrogens is 1. The molecule has 0 bridgehead atoms. The fourth-order valence-electron chi connectivity index (χ4n) is 3.19. The van der Waals surface area contributed by atoms with E-state index in [0.717, 1.165) is 42.6 Å². The second kappa shape index (κ2) is 5.30. The van der Waals surface area contributed by atoms with E-state index < -0.39 is 0 Å². The van der Waals surface area contributed by atoms with E-state index in [9.17, 15) is 4.79 Å². The van der Waals surface area contributed by atoms with E-state index >= 15 is 0 Å². The molecule has 1 aliphatic rings. The van der Waals surface area contributed by atoms with Crippen LogP contribution in [-0.2, 0) is 0 Å². The van der Waals surface area contributed by atoms with Crippen LogP contribution in [0.1, 0.15) is 42.8 Å². The summed E-state index contributed by atoms with van der Waals surface area (Å²) in [5.41, 5.74) is 7.04. The Hall–Kier alpha value is -1.62. The minimum Gasteiger partial charge on any atom is -0.397 e. The molecule has 3 rings (SSSR count). The van der Waals surface area contributed by atoms with Crippen molar-refractivity contribution in [2.75, 3.05) is 18.8 Å². The Labute approximate surface area is 129 Å². The predicted molar refractivity (Wildman–Crippen MR) is 87.6 cm³/mol. The first kappa shape index (κ1) is 14.3. The molecule has 0 radical (unpaired) electrons. The molecule has 112 valence electrons. The zero-order valence-electron chi connectivity index (χ0n) is 12.6. The van der Waals surface area contributed by atoms with E-state index in [2.05, 4.69) is 18.8 Å². The maximum atomic E-state index is 12.8. The van der Waals surface area contributed by atoms with Crippen molar-refractivity contribution in [1.82, 2.24) is 9.88 Å². The number of nitrogen functional groups attached to an aromatic ring is 1. The van der Waals surface area contributed by atoms with Gasteiger partial charge < -0.3 is 10.6 Å². The molecule has 4 nitrogen and oxygen atoms in total. The summed E-state index contributed by atoms with van der Waals surface area (Å²) in [7, 11) is 0. The first-order chi connectivity index (χ1) is 10.1. The molecule has 5 heteroatoms. The van der Waals surface area contributed by atoms with E-state index in [4.69, 9.17) is 5.73 Å². The number of anilines is 1. The van der Waals surface area contributed by atoms with Crippen LogP contribution < -0.4 is 5.73 Å². The Morgan fingerprint density at radius 2 is 2.24 bits per heavy atom. The highest BCUT2D eigenvalue weighted by Crippen LogP contribution is 2.39. The van der Waals surface area contributed by atoms with Crippen molar-refractivity contribution in [3.63, 3.8) is 0 Å². The van der Waals surface area contributed by atoms with Gasteiger partial charge >= 0.3 is 0 Å². The number of carbonyl (C=O) groups excluding carboxylic acids is 1. The van der Waals surface area contributed by atoms with Crippen LogP contribution in [0.15, 0.2) is 18.3 Å². The molecule has 1 aliphatic heterocycles. The van der Waals surface area contributed by atoms with Gasteiger partial charge in [-0.25, -0.2) is 4.98 Å². The lowest BCUT2D eigenvalue weighted by atomic mass is 9.82. The number of nitrogens with zero attached hydrogens (tertiary/aromatic N) is 2. The van der Waals surface area contributed by atoms with Crippen molar-refractivity contribution < 1.29 is 4.79 Å². The Morgan fingerprint density at radius 3 is 2.86 bits per heavy atom. The predicted octanol–water partition coefficient (Wildman–Crippen LogP) is 3.53. The molecule has 2 N–H and O–H groups in total. The number of amides is 1.